The van der Waals surface area contributed by atoms with Crippen LogP contribution in [0.15, 0.2) is 48.5 Å². The van der Waals surface area contributed by atoms with Crippen LogP contribution in [0.3, 0.4) is 0 Å². The Labute approximate surface area is 182 Å². The van der Waals surface area contributed by atoms with Crippen molar-refractivity contribution in [1.82, 2.24) is 9.90 Å². The highest BCUT2D eigenvalue weighted by Crippen LogP contribution is 2.27. The summed E-state index contributed by atoms with van der Waals surface area (Å²) < 4.78 is 61.6. The standard InChI is InChI=1S/C17H11N4O4.CHF3O3S/c1-19-14-15(17(23)13-5-3-2-4-12(13)16(14)22)20(18-19)10-6-8-11(9-7-10)21(24)25;2-1(3,4)8(5,6)7/h2-9H,1H3;(H,5,6,7)/q+1;/p-1. The van der Waals surface area contributed by atoms with Crippen molar-refractivity contribution in [2.75, 3.05) is 0 Å². The summed E-state index contributed by atoms with van der Waals surface area (Å²) in [7, 11) is -4.51. The monoisotopic (exact) mass is 484 g/mol. The zero-order valence-corrected chi connectivity index (χ0v) is 17.1. The highest BCUT2D eigenvalue weighted by Gasteiger charge is 2.42. The molecule has 0 atom stereocenters. The van der Waals surface area contributed by atoms with Gasteiger partial charge in [-0.05, 0) is 12.1 Å². The van der Waals surface area contributed by atoms with E-state index in [1.165, 1.54) is 33.6 Å². The number of nitro groups is 1. The highest BCUT2D eigenvalue weighted by molar-refractivity contribution is 7.86. The fourth-order valence-corrected chi connectivity index (χ4v) is 2.97. The average molecular weight is 484 g/mol. The van der Waals surface area contributed by atoms with Crippen molar-refractivity contribution in [3.63, 3.8) is 0 Å². The minimum absolute atomic E-state index is 0.0677. The largest absolute Gasteiger partial charge is 0.741 e. The predicted octanol–water partition coefficient (Wildman–Crippen LogP) is 1.43. The molecule has 4 rings (SSSR count). The number of fused-ring (bicyclic) bond motifs is 2. The maximum absolute atomic E-state index is 12.9. The lowest BCUT2D eigenvalue weighted by Crippen LogP contribution is -2.39. The molecule has 0 fully saturated rings. The van der Waals surface area contributed by atoms with Gasteiger partial charge < -0.3 is 4.55 Å². The van der Waals surface area contributed by atoms with Crippen LogP contribution in [-0.4, -0.2) is 44.9 Å². The van der Waals surface area contributed by atoms with Gasteiger partial charge in [0.25, 0.3) is 11.4 Å². The molecular weight excluding hydrogens is 473 g/mol. The van der Waals surface area contributed by atoms with Gasteiger partial charge in [0.2, 0.25) is 17.3 Å². The lowest BCUT2D eigenvalue weighted by molar-refractivity contribution is -0.733. The number of hydrogen-bond acceptors (Lipinski definition) is 8. The van der Waals surface area contributed by atoms with Crippen molar-refractivity contribution in [1.29, 1.82) is 0 Å². The zero-order chi connectivity index (χ0) is 24.7. The molecule has 0 saturated heterocycles. The Bertz CT molecular complexity index is 1400. The SMILES string of the molecule is C[n+]1nn(-c2ccc([N+](=O)[O-])cc2)c2c1C(=O)c1ccccc1C2=O.O=S(=O)([O-])C(F)(F)F. The quantitative estimate of drug-likeness (QED) is 0.136. The molecule has 3 aromatic rings. The number of halogens is 3. The minimum Gasteiger partial charge on any atom is -0.741 e. The normalized spacial score (nSPS) is 13.0. The molecule has 0 spiro atoms. The molecule has 1 aliphatic rings. The molecule has 172 valence electrons. The second kappa shape index (κ2) is 8.18. The Balaban J connectivity index is 0.000000331. The first-order valence-corrected chi connectivity index (χ1v) is 10.1. The number of alkyl halides is 3. The molecule has 33 heavy (non-hydrogen) atoms. The molecular formula is C18H11F3N4O7S. The van der Waals surface area contributed by atoms with E-state index in [0.29, 0.717) is 16.8 Å². The number of carbonyl (C=O) groups excluding carboxylic acids is 2. The smallest absolute Gasteiger partial charge is 0.485 e. The van der Waals surface area contributed by atoms with Crippen molar-refractivity contribution in [2.24, 2.45) is 7.05 Å². The number of non-ortho nitro benzene ring substituents is 1. The van der Waals surface area contributed by atoms with Crippen molar-refractivity contribution in [3.05, 3.63) is 81.2 Å². The van der Waals surface area contributed by atoms with E-state index in [1.807, 2.05) is 0 Å². The van der Waals surface area contributed by atoms with Crippen LogP contribution in [0, 0.1) is 10.1 Å². The van der Waals surface area contributed by atoms with E-state index in [4.69, 9.17) is 13.0 Å². The van der Waals surface area contributed by atoms with Crippen molar-refractivity contribution >= 4 is 27.4 Å². The molecule has 0 aliphatic heterocycles. The maximum Gasteiger partial charge on any atom is 0.485 e. The van der Waals surface area contributed by atoms with Crippen LogP contribution in [-0.2, 0) is 17.2 Å². The highest BCUT2D eigenvalue weighted by atomic mass is 32.2. The van der Waals surface area contributed by atoms with E-state index >= 15 is 0 Å². The van der Waals surface area contributed by atoms with Crippen LogP contribution in [0.2, 0.25) is 0 Å². The summed E-state index contributed by atoms with van der Waals surface area (Å²) >= 11 is 0. The van der Waals surface area contributed by atoms with Gasteiger partial charge in [-0.15, -0.1) is 4.68 Å². The molecule has 2 aromatic carbocycles. The number of hydrogen-bond donors (Lipinski definition) is 0. The maximum atomic E-state index is 12.9. The fraction of sp³-hybridized carbons (Fsp3) is 0.111. The molecule has 0 saturated carbocycles. The van der Waals surface area contributed by atoms with E-state index in [0.717, 1.165) is 0 Å². The Morgan fingerprint density at radius 1 is 1.00 bits per heavy atom. The number of nitrogens with zero attached hydrogens (tertiary/aromatic N) is 4. The van der Waals surface area contributed by atoms with Crippen LogP contribution in [0.1, 0.15) is 32.1 Å². The van der Waals surface area contributed by atoms with Crippen molar-refractivity contribution in [2.45, 2.75) is 5.51 Å². The predicted molar refractivity (Wildman–Crippen MR) is 100 cm³/mol. The molecule has 0 unspecified atom stereocenters. The number of rotatable bonds is 2. The van der Waals surface area contributed by atoms with Crippen LogP contribution in [0.5, 0.6) is 0 Å². The first-order chi connectivity index (χ1) is 15.2. The lowest BCUT2D eigenvalue weighted by atomic mass is 9.90. The Hall–Kier alpha value is -3.98. The van der Waals surface area contributed by atoms with Gasteiger partial charge in [-0.25, -0.2) is 8.42 Å². The zero-order valence-electron chi connectivity index (χ0n) is 16.3. The third-order valence-electron chi connectivity index (χ3n) is 4.42. The van der Waals surface area contributed by atoms with Crippen LogP contribution in [0.25, 0.3) is 5.69 Å². The van der Waals surface area contributed by atoms with Crippen LogP contribution >= 0.6 is 0 Å². The molecule has 1 aromatic heterocycles. The molecule has 1 heterocycles. The van der Waals surface area contributed by atoms with E-state index in [1.54, 1.807) is 31.3 Å². The molecule has 11 nitrogen and oxygen atoms in total. The summed E-state index contributed by atoms with van der Waals surface area (Å²) in [6, 6.07) is 12.2. The van der Waals surface area contributed by atoms with E-state index in [2.05, 4.69) is 5.21 Å². The fourth-order valence-electron chi connectivity index (χ4n) is 2.97. The van der Waals surface area contributed by atoms with Gasteiger partial charge in [-0.2, -0.15) is 13.2 Å². The third kappa shape index (κ3) is 4.35. The Morgan fingerprint density at radius 2 is 1.48 bits per heavy atom. The van der Waals surface area contributed by atoms with Gasteiger partial charge in [0.1, 0.15) is 7.05 Å². The van der Waals surface area contributed by atoms with Crippen LogP contribution < -0.4 is 4.68 Å². The second-order valence-corrected chi connectivity index (χ2v) is 7.87. The van der Waals surface area contributed by atoms with E-state index < -0.39 is 20.5 Å². The first kappa shape index (κ1) is 23.7. The van der Waals surface area contributed by atoms with Gasteiger partial charge >= 0.3 is 5.51 Å². The van der Waals surface area contributed by atoms with E-state index in [-0.39, 0.29) is 28.6 Å². The average Bonchev–Trinajstić information content (AvgIpc) is 3.09. The van der Waals surface area contributed by atoms with Gasteiger partial charge in [0.15, 0.2) is 15.8 Å². The molecule has 0 bridgehead atoms. The number of benzene rings is 2. The van der Waals surface area contributed by atoms with Gasteiger partial charge in [0, 0.05) is 23.3 Å². The van der Waals surface area contributed by atoms with Gasteiger partial charge in [-0.3, -0.25) is 19.7 Å². The molecule has 0 N–H and O–H groups in total. The summed E-state index contributed by atoms with van der Waals surface area (Å²) in [5, 5.41) is 15.0. The second-order valence-electron chi connectivity index (χ2n) is 6.50. The van der Waals surface area contributed by atoms with Gasteiger partial charge in [0.05, 0.1) is 10.1 Å². The third-order valence-corrected chi connectivity index (χ3v) is 4.99. The molecule has 0 amide bonds. The van der Waals surface area contributed by atoms with Gasteiger partial charge in [-0.1, -0.05) is 28.9 Å². The Morgan fingerprint density at radius 3 is 1.94 bits per heavy atom. The number of carbonyl (C=O) groups is 2. The topological polar surface area (TPSA) is 156 Å². The number of aryl methyl sites for hydroxylation is 1. The van der Waals surface area contributed by atoms with Crippen LogP contribution in [0.4, 0.5) is 18.9 Å². The lowest BCUT2D eigenvalue weighted by Gasteiger charge is -2.10. The minimum atomic E-state index is -6.09. The Kier molecular flexibility index (Phi) is 5.87. The molecule has 0 radical (unpaired) electrons. The number of nitro benzene ring substituents is 1. The first-order valence-electron chi connectivity index (χ1n) is 8.68. The summed E-state index contributed by atoms with van der Waals surface area (Å²) in [6.45, 7) is 0. The van der Waals surface area contributed by atoms with Crippen molar-refractivity contribution < 1.29 is 45.3 Å². The molecule has 1 aliphatic carbocycles. The van der Waals surface area contributed by atoms with E-state index in [9.17, 15) is 32.9 Å². The summed E-state index contributed by atoms with van der Waals surface area (Å²) in [6.07, 6.45) is 0. The summed E-state index contributed by atoms with van der Waals surface area (Å²) in [4.78, 5) is 35.9. The summed E-state index contributed by atoms with van der Waals surface area (Å²) in [5.74, 6) is -0.586. The number of ketones is 2. The molecule has 15 heteroatoms. The number of aromatic nitrogens is 3. The summed E-state index contributed by atoms with van der Waals surface area (Å²) in [5.41, 5.74) is -4.23. The van der Waals surface area contributed by atoms with Crippen molar-refractivity contribution in [3.8, 4) is 5.69 Å².